The molecule has 12 heavy (non-hydrogen) atoms. The lowest BCUT2D eigenvalue weighted by Gasteiger charge is -2.01. The van der Waals surface area contributed by atoms with Crippen molar-refractivity contribution in [2.45, 2.75) is 13.3 Å². The summed E-state index contributed by atoms with van der Waals surface area (Å²) in [6, 6.07) is 7.01. The number of rotatable bonds is 3. The lowest BCUT2D eigenvalue weighted by atomic mass is 10.1. The highest BCUT2D eigenvalue weighted by Gasteiger charge is 2.02. The van der Waals surface area contributed by atoms with Crippen molar-refractivity contribution in [3.05, 3.63) is 36.9 Å². The number of ether oxygens (including phenoxy) is 1. The Balaban J connectivity index is 2.93. The van der Waals surface area contributed by atoms with Crippen LogP contribution in [0, 0.1) is 7.11 Å². The van der Waals surface area contributed by atoms with Gasteiger partial charge in [0.25, 0.3) is 0 Å². The van der Waals surface area contributed by atoms with Gasteiger partial charge < -0.3 is 4.74 Å². The highest BCUT2D eigenvalue weighted by atomic mass is 16.5. The standard InChI is InChI=1S/C10H11O2/c1-3-10(11)8-5-4-6-9(7-8)12-2/h4-7H,2-3H2,1H3. The molecular formula is C10H11O2. The molecule has 0 spiro atoms. The number of hydrogen-bond acceptors (Lipinski definition) is 2. The van der Waals surface area contributed by atoms with Gasteiger partial charge in [0.15, 0.2) is 5.78 Å². The number of ketones is 1. The molecule has 0 amide bonds. The maximum Gasteiger partial charge on any atom is 0.162 e. The molecule has 0 unspecified atom stereocenters. The Morgan fingerprint density at radius 2 is 2.33 bits per heavy atom. The summed E-state index contributed by atoms with van der Waals surface area (Å²) in [6.07, 6.45) is 0.514. The van der Waals surface area contributed by atoms with E-state index < -0.39 is 0 Å². The summed E-state index contributed by atoms with van der Waals surface area (Å²) in [5, 5.41) is 0. The summed E-state index contributed by atoms with van der Waals surface area (Å²) in [5.74, 6) is 0.739. The van der Waals surface area contributed by atoms with Gasteiger partial charge in [-0.3, -0.25) is 4.79 Å². The third-order valence-electron chi connectivity index (χ3n) is 1.64. The van der Waals surface area contributed by atoms with Crippen molar-refractivity contribution >= 4 is 5.78 Å². The predicted molar refractivity (Wildman–Crippen MR) is 47.0 cm³/mol. The monoisotopic (exact) mass is 163 g/mol. The Kier molecular flexibility index (Phi) is 2.86. The van der Waals surface area contributed by atoms with E-state index in [0.29, 0.717) is 17.7 Å². The maximum atomic E-state index is 11.2. The first-order valence-corrected chi connectivity index (χ1v) is 3.83. The van der Waals surface area contributed by atoms with E-state index >= 15 is 0 Å². The highest BCUT2D eigenvalue weighted by Crippen LogP contribution is 2.13. The minimum Gasteiger partial charge on any atom is -0.490 e. The van der Waals surface area contributed by atoms with E-state index in [2.05, 4.69) is 7.11 Å². The Labute approximate surface area is 72.2 Å². The first-order valence-electron chi connectivity index (χ1n) is 3.83. The third-order valence-corrected chi connectivity index (χ3v) is 1.64. The molecule has 0 fully saturated rings. The van der Waals surface area contributed by atoms with Gasteiger partial charge in [-0.05, 0) is 12.1 Å². The molecule has 63 valence electrons. The Bertz CT molecular complexity index is 279. The van der Waals surface area contributed by atoms with Crippen molar-refractivity contribution in [2.24, 2.45) is 0 Å². The topological polar surface area (TPSA) is 26.3 Å². The van der Waals surface area contributed by atoms with E-state index in [1.165, 1.54) is 0 Å². The second-order valence-corrected chi connectivity index (χ2v) is 2.45. The molecule has 1 aromatic rings. The molecule has 0 aromatic heterocycles. The largest absolute Gasteiger partial charge is 0.490 e. The van der Waals surface area contributed by atoms with E-state index in [-0.39, 0.29) is 5.78 Å². The van der Waals surface area contributed by atoms with Crippen LogP contribution in [0.5, 0.6) is 5.75 Å². The van der Waals surface area contributed by atoms with Crippen LogP contribution in [0.15, 0.2) is 24.3 Å². The summed E-state index contributed by atoms with van der Waals surface area (Å²) in [6.45, 7) is 1.83. The molecule has 0 aliphatic carbocycles. The van der Waals surface area contributed by atoms with Gasteiger partial charge >= 0.3 is 0 Å². The van der Waals surface area contributed by atoms with Crippen molar-refractivity contribution < 1.29 is 9.53 Å². The predicted octanol–water partition coefficient (Wildman–Crippen LogP) is 2.45. The lowest BCUT2D eigenvalue weighted by Crippen LogP contribution is -1.95. The third kappa shape index (κ3) is 1.84. The fourth-order valence-corrected chi connectivity index (χ4v) is 0.963. The quantitative estimate of drug-likeness (QED) is 0.640. The van der Waals surface area contributed by atoms with Gasteiger partial charge in [-0.1, -0.05) is 19.1 Å². The van der Waals surface area contributed by atoms with Gasteiger partial charge in [0.1, 0.15) is 12.9 Å². The second-order valence-electron chi connectivity index (χ2n) is 2.45. The molecule has 2 nitrogen and oxygen atoms in total. The Hall–Kier alpha value is -1.31. The first-order chi connectivity index (χ1) is 5.77. The van der Waals surface area contributed by atoms with Crippen LogP contribution in [0.1, 0.15) is 23.7 Å². The van der Waals surface area contributed by atoms with Gasteiger partial charge in [-0.2, -0.15) is 0 Å². The van der Waals surface area contributed by atoms with Crippen LogP contribution in [-0.2, 0) is 0 Å². The average molecular weight is 163 g/mol. The summed E-state index contributed by atoms with van der Waals surface area (Å²) in [4.78, 5) is 11.2. The van der Waals surface area contributed by atoms with Crippen LogP contribution in [-0.4, -0.2) is 5.78 Å². The van der Waals surface area contributed by atoms with Crippen molar-refractivity contribution in [1.82, 2.24) is 0 Å². The molecule has 0 heterocycles. The van der Waals surface area contributed by atoms with Crippen LogP contribution in [0.25, 0.3) is 0 Å². The maximum absolute atomic E-state index is 11.2. The zero-order chi connectivity index (χ0) is 8.97. The number of benzene rings is 1. The number of Topliss-reactive ketones (excluding diaryl/α,β-unsaturated/α-hetero) is 1. The molecule has 0 atom stereocenters. The molecule has 1 aromatic carbocycles. The Morgan fingerprint density at radius 1 is 1.58 bits per heavy atom. The number of carbonyl (C=O) groups excluding carboxylic acids is 1. The van der Waals surface area contributed by atoms with Gasteiger partial charge in [-0.25, -0.2) is 0 Å². The zero-order valence-electron chi connectivity index (χ0n) is 7.04. The van der Waals surface area contributed by atoms with E-state index in [4.69, 9.17) is 4.74 Å². The zero-order valence-corrected chi connectivity index (χ0v) is 7.04. The molecule has 0 saturated carbocycles. The smallest absolute Gasteiger partial charge is 0.162 e. The van der Waals surface area contributed by atoms with Crippen molar-refractivity contribution in [1.29, 1.82) is 0 Å². The molecule has 1 radical (unpaired) electrons. The molecule has 0 aliphatic heterocycles. The molecule has 1 rings (SSSR count). The van der Waals surface area contributed by atoms with E-state index in [1.54, 1.807) is 24.3 Å². The van der Waals surface area contributed by atoms with Gasteiger partial charge in [0.2, 0.25) is 0 Å². The van der Waals surface area contributed by atoms with E-state index in [1.807, 2.05) is 6.92 Å². The van der Waals surface area contributed by atoms with Crippen LogP contribution >= 0.6 is 0 Å². The molecule has 2 heteroatoms. The highest BCUT2D eigenvalue weighted by molar-refractivity contribution is 5.96. The second kappa shape index (κ2) is 3.90. The summed E-state index contributed by atoms with van der Waals surface area (Å²) >= 11 is 0. The van der Waals surface area contributed by atoms with Crippen LogP contribution in [0.2, 0.25) is 0 Å². The van der Waals surface area contributed by atoms with Gasteiger partial charge in [0.05, 0.1) is 0 Å². The van der Waals surface area contributed by atoms with Crippen LogP contribution < -0.4 is 4.74 Å². The summed E-state index contributed by atoms with van der Waals surface area (Å²) in [7, 11) is 3.27. The minimum absolute atomic E-state index is 0.119. The first kappa shape index (κ1) is 8.78. The average Bonchev–Trinajstić information content (AvgIpc) is 2.17. The van der Waals surface area contributed by atoms with Crippen molar-refractivity contribution in [3.63, 3.8) is 0 Å². The SMILES string of the molecule is [CH2]Oc1cccc(C(=O)CC)c1. The van der Waals surface area contributed by atoms with Crippen LogP contribution in [0.3, 0.4) is 0 Å². The van der Waals surface area contributed by atoms with Gasteiger partial charge in [-0.15, -0.1) is 0 Å². The fraction of sp³-hybridized carbons (Fsp3) is 0.200. The molecule has 0 aliphatic rings. The normalized spacial score (nSPS) is 9.50. The molecule has 0 saturated heterocycles. The lowest BCUT2D eigenvalue weighted by molar-refractivity contribution is 0.0988. The minimum atomic E-state index is 0.119. The fourth-order valence-electron chi connectivity index (χ4n) is 0.963. The molecule has 0 N–H and O–H groups in total. The Morgan fingerprint density at radius 3 is 2.92 bits per heavy atom. The number of carbonyl (C=O) groups is 1. The van der Waals surface area contributed by atoms with Crippen LogP contribution in [0.4, 0.5) is 0 Å². The molecule has 0 bridgehead atoms. The van der Waals surface area contributed by atoms with Crippen molar-refractivity contribution in [2.75, 3.05) is 0 Å². The van der Waals surface area contributed by atoms with Crippen molar-refractivity contribution in [3.8, 4) is 5.75 Å². The van der Waals surface area contributed by atoms with E-state index in [9.17, 15) is 4.79 Å². The number of hydrogen-bond donors (Lipinski definition) is 0. The van der Waals surface area contributed by atoms with Gasteiger partial charge in [0, 0.05) is 12.0 Å². The molecular weight excluding hydrogens is 152 g/mol. The summed E-state index contributed by atoms with van der Waals surface area (Å²) < 4.78 is 4.75. The summed E-state index contributed by atoms with van der Waals surface area (Å²) in [5.41, 5.74) is 0.679. The van der Waals surface area contributed by atoms with E-state index in [0.717, 1.165) is 0 Å².